The Morgan fingerprint density at radius 1 is 1.13 bits per heavy atom. The number of anilines is 1. The minimum Gasteiger partial charge on any atom is -0.491 e. The summed E-state index contributed by atoms with van der Waals surface area (Å²) in [6.07, 6.45) is 6.22. The monoisotopic (exact) mass is 426 g/mol. The van der Waals surface area contributed by atoms with Crippen LogP contribution in [0.5, 0.6) is 5.75 Å². The number of aromatic nitrogens is 1. The van der Waals surface area contributed by atoms with Crippen molar-refractivity contribution < 1.29 is 22.3 Å². The molecule has 0 unspecified atom stereocenters. The number of nitrogens with one attached hydrogen (secondary N) is 1. The van der Waals surface area contributed by atoms with E-state index in [2.05, 4.69) is 10.3 Å². The Bertz CT molecular complexity index is 1160. The lowest BCUT2D eigenvalue weighted by Crippen LogP contribution is -2.08. The van der Waals surface area contributed by atoms with Gasteiger partial charge in [-0.25, -0.2) is 12.8 Å². The fraction of sp³-hybridized carbons (Fsp3) is 0.0909. The first-order valence-corrected chi connectivity index (χ1v) is 10.5. The molecule has 2 aromatic carbocycles. The third-order valence-electron chi connectivity index (χ3n) is 4.06. The molecule has 0 fully saturated rings. The zero-order valence-corrected chi connectivity index (χ0v) is 16.9. The van der Waals surface area contributed by atoms with E-state index in [1.54, 1.807) is 37.5 Å². The maximum absolute atomic E-state index is 14.0. The number of benzene rings is 2. The molecule has 6 nitrogen and oxygen atoms in total. The molecule has 3 aromatic rings. The van der Waals surface area contributed by atoms with Crippen molar-refractivity contribution in [1.29, 1.82) is 0 Å². The summed E-state index contributed by atoms with van der Waals surface area (Å²) in [5.74, 6) is -1.13. The second-order valence-corrected chi connectivity index (χ2v) is 8.11. The predicted octanol–water partition coefficient (Wildman–Crippen LogP) is 4.10. The van der Waals surface area contributed by atoms with Gasteiger partial charge in [-0.1, -0.05) is 6.07 Å². The van der Waals surface area contributed by atoms with Crippen molar-refractivity contribution in [2.24, 2.45) is 0 Å². The van der Waals surface area contributed by atoms with Crippen molar-refractivity contribution in [3.63, 3.8) is 0 Å². The zero-order valence-electron chi connectivity index (χ0n) is 16.1. The molecule has 1 amide bonds. The molecule has 0 bridgehead atoms. The lowest BCUT2D eigenvalue weighted by Gasteiger charge is -2.09. The molecule has 0 saturated heterocycles. The van der Waals surface area contributed by atoms with Crippen LogP contribution in [0, 0.1) is 5.82 Å². The Labute approximate surface area is 174 Å². The van der Waals surface area contributed by atoms with Gasteiger partial charge in [0.05, 0.1) is 16.4 Å². The zero-order chi connectivity index (χ0) is 21.6. The van der Waals surface area contributed by atoms with Crippen molar-refractivity contribution >= 4 is 27.5 Å². The number of halogens is 1. The molecule has 0 aliphatic rings. The predicted molar refractivity (Wildman–Crippen MR) is 111 cm³/mol. The summed E-state index contributed by atoms with van der Waals surface area (Å²) >= 11 is 0. The van der Waals surface area contributed by atoms with Gasteiger partial charge in [0, 0.05) is 24.2 Å². The number of hydrogen-bond donors (Lipinski definition) is 1. The lowest BCUT2D eigenvalue weighted by atomic mass is 10.2. The van der Waals surface area contributed by atoms with Crippen molar-refractivity contribution in [3.05, 3.63) is 84.4 Å². The van der Waals surface area contributed by atoms with Crippen LogP contribution in [0.1, 0.15) is 12.5 Å². The molecule has 1 heterocycles. The SMILES string of the molecule is CCOc1ccc(S(=O)(=O)c2ccc(NC(=O)C=Cc3cccnc3)cc2)cc1F. The van der Waals surface area contributed by atoms with Crippen LogP contribution in [0.3, 0.4) is 0 Å². The molecule has 1 aromatic heterocycles. The van der Waals surface area contributed by atoms with E-state index in [0.29, 0.717) is 5.69 Å². The van der Waals surface area contributed by atoms with Crippen LogP contribution in [0.2, 0.25) is 0 Å². The van der Waals surface area contributed by atoms with Crippen molar-refractivity contribution in [3.8, 4) is 5.75 Å². The number of hydrogen-bond acceptors (Lipinski definition) is 5. The molecule has 0 radical (unpaired) electrons. The van der Waals surface area contributed by atoms with Crippen LogP contribution in [0.25, 0.3) is 6.08 Å². The third-order valence-corrected chi connectivity index (χ3v) is 5.82. The van der Waals surface area contributed by atoms with Gasteiger partial charge in [-0.15, -0.1) is 0 Å². The normalized spacial score (nSPS) is 11.4. The minimum atomic E-state index is -3.91. The van der Waals surface area contributed by atoms with Crippen LogP contribution in [0.4, 0.5) is 10.1 Å². The number of pyridine rings is 1. The number of carbonyl (C=O) groups excluding carboxylic acids is 1. The summed E-state index contributed by atoms with van der Waals surface area (Å²) in [7, 11) is -3.91. The van der Waals surface area contributed by atoms with E-state index in [4.69, 9.17) is 4.74 Å². The first-order valence-electron chi connectivity index (χ1n) is 9.07. The molecule has 0 spiro atoms. The second-order valence-electron chi connectivity index (χ2n) is 6.16. The largest absolute Gasteiger partial charge is 0.491 e. The Morgan fingerprint density at radius 2 is 1.87 bits per heavy atom. The standard InChI is InChI=1S/C22H19FN2O4S/c1-2-29-21-11-10-19(14-20(21)23)30(27,28)18-8-6-17(7-9-18)25-22(26)12-5-16-4-3-13-24-15-16/h3-15H,2H2,1H3,(H,25,26). The molecule has 8 heteroatoms. The number of rotatable bonds is 7. The van der Waals surface area contributed by atoms with E-state index >= 15 is 0 Å². The number of nitrogens with zero attached hydrogens (tertiary/aromatic N) is 1. The van der Waals surface area contributed by atoms with Crippen LogP contribution in [-0.4, -0.2) is 25.9 Å². The van der Waals surface area contributed by atoms with Crippen molar-refractivity contribution in [2.45, 2.75) is 16.7 Å². The van der Waals surface area contributed by atoms with Gasteiger partial charge in [0.1, 0.15) is 0 Å². The molecular weight excluding hydrogens is 407 g/mol. The molecule has 154 valence electrons. The Kier molecular flexibility index (Phi) is 6.58. The number of ether oxygens (including phenoxy) is 1. The van der Waals surface area contributed by atoms with E-state index in [1.165, 1.54) is 42.5 Å². The highest BCUT2D eigenvalue weighted by Gasteiger charge is 2.19. The van der Waals surface area contributed by atoms with Crippen LogP contribution in [-0.2, 0) is 14.6 Å². The van der Waals surface area contributed by atoms with Gasteiger partial charge in [-0.3, -0.25) is 9.78 Å². The van der Waals surface area contributed by atoms with Gasteiger partial charge >= 0.3 is 0 Å². The maximum Gasteiger partial charge on any atom is 0.248 e. The summed E-state index contributed by atoms with van der Waals surface area (Å²) in [6, 6.07) is 12.7. The Balaban J connectivity index is 1.72. The molecule has 0 saturated carbocycles. The lowest BCUT2D eigenvalue weighted by molar-refractivity contribution is -0.111. The fourth-order valence-corrected chi connectivity index (χ4v) is 3.88. The topological polar surface area (TPSA) is 85.4 Å². The first kappa shape index (κ1) is 21.2. The van der Waals surface area contributed by atoms with Gasteiger partial charge in [0.2, 0.25) is 15.7 Å². The third kappa shape index (κ3) is 5.09. The summed E-state index contributed by atoms with van der Waals surface area (Å²) in [4.78, 5) is 15.8. The summed E-state index contributed by atoms with van der Waals surface area (Å²) in [5.41, 5.74) is 1.20. The summed E-state index contributed by atoms with van der Waals surface area (Å²) in [5, 5.41) is 2.64. The van der Waals surface area contributed by atoms with Crippen LogP contribution < -0.4 is 10.1 Å². The van der Waals surface area contributed by atoms with E-state index in [9.17, 15) is 17.6 Å². The molecule has 3 rings (SSSR count). The number of amides is 1. The Morgan fingerprint density at radius 3 is 2.50 bits per heavy atom. The van der Waals surface area contributed by atoms with Crippen LogP contribution >= 0.6 is 0 Å². The van der Waals surface area contributed by atoms with Gasteiger partial charge in [-0.05, 0) is 67.1 Å². The molecule has 0 aliphatic heterocycles. The van der Waals surface area contributed by atoms with Crippen LogP contribution in [0.15, 0.2) is 82.9 Å². The van der Waals surface area contributed by atoms with Gasteiger partial charge in [0.25, 0.3) is 0 Å². The van der Waals surface area contributed by atoms with E-state index in [-0.39, 0.29) is 28.1 Å². The number of carbonyl (C=O) groups is 1. The highest BCUT2D eigenvalue weighted by molar-refractivity contribution is 7.91. The average Bonchev–Trinajstić information content (AvgIpc) is 2.75. The molecule has 0 aliphatic carbocycles. The summed E-state index contributed by atoms with van der Waals surface area (Å²) < 4.78 is 44.6. The maximum atomic E-state index is 14.0. The average molecular weight is 426 g/mol. The quantitative estimate of drug-likeness (QED) is 0.575. The van der Waals surface area contributed by atoms with Gasteiger partial charge in [0.15, 0.2) is 11.6 Å². The van der Waals surface area contributed by atoms with Gasteiger partial charge in [-0.2, -0.15) is 0 Å². The number of sulfone groups is 1. The smallest absolute Gasteiger partial charge is 0.248 e. The minimum absolute atomic E-state index is 0.00570. The Hall–Kier alpha value is -3.52. The van der Waals surface area contributed by atoms with Crippen molar-refractivity contribution in [1.82, 2.24) is 4.98 Å². The van der Waals surface area contributed by atoms with Gasteiger partial charge < -0.3 is 10.1 Å². The molecule has 0 atom stereocenters. The molecule has 1 N–H and O–H groups in total. The fourth-order valence-electron chi connectivity index (χ4n) is 2.61. The van der Waals surface area contributed by atoms with E-state index < -0.39 is 15.7 Å². The highest BCUT2D eigenvalue weighted by Crippen LogP contribution is 2.26. The molecular formula is C22H19FN2O4S. The van der Waals surface area contributed by atoms with E-state index in [1.807, 2.05) is 0 Å². The first-order chi connectivity index (χ1) is 14.4. The van der Waals surface area contributed by atoms with E-state index in [0.717, 1.165) is 11.6 Å². The van der Waals surface area contributed by atoms with Crippen molar-refractivity contribution in [2.75, 3.05) is 11.9 Å². The molecule has 30 heavy (non-hydrogen) atoms. The second kappa shape index (κ2) is 9.32. The summed E-state index contributed by atoms with van der Waals surface area (Å²) in [6.45, 7) is 1.98. The highest BCUT2D eigenvalue weighted by atomic mass is 32.2.